The Morgan fingerprint density at radius 2 is 1.88 bits per heavy atom. The summed E-state index contributed by atoms with van der Waals surface area (Å²) in [6.45, 7) is 7.80. The number of hydrogen-bond donors (Lipinski definition) is 1. The Labute approximate surface area is 97.3 Å². The molecule has 0 amide bonds. The monoisotopic (exact) mass is 220 g/mol. The third-order valence-corrected chi connectivity index (χ3v) is 2.85. The lowest BCUT2D eigenvalue weighted by Gasteiger charge is -2.23. The molecule has 0 unspecified atom stereocenters. The Hall–Kier alpha value is -1.31. The zero-order chi connectivity index (χ0) is 12.3. The van der Waals surface area contributed by atoms with E-state index in [0.29, 0.717) is 5.92 Å². The van der Waals surface area contributed by atoms with Gasteiger partial charge < -0.3 is 5.11 Å². The third-order valence-electron chi connectivity index (χ3n) is 2.85. The summed E-state index contributed by atoms with van der Waals surface area (Å²) in [5, 5.41) is 9.25. The van der Waals surface area contributed by atoms with Crippen molar-refractivity contribution in [1.82, 2.24) is 0 Å². The van der Waals surface area contributed by atoms with Crippen molar-refractivity contribution in [2.24, 2.45) is 5.92 Å². The fourth-order valence-corrected chi connectivity index (χ4v) is 1.86. The van der Waals surface area contributed by atoms with E-state index in [1.165, 1.54) is 0 Å². The molecular formula is C14H20O2. The molecule has 0 heterocycles. The number of carboxylic acids is 1. The van der Waals surface area contributed by atoms with E-state index in [9.17, 15) is 9.90 Å². The van der Waals surface area contributed by atoms with Crippen LogP contribution in [0.4, 0.5) is 0 Å². The van der Waals surface area contributed by atoms with Crippen LogP contribution in [0.2, 0.25) is 0 Å². The first kappa shape index (κ1) is 12.8. The summed E-state index contributed by atoms with van der Waals surface area (Å²) < 4.78 is 0. The molecule has 2 nitrogen and oxygen atoms in total. The molecule has 0 saturated carbocycles. The van der Waals surface area contributed by atoms with E-state index >= 15 is 0 Å². The highest BCUT2D eigenvalue weighted by Gasteiger charge is 2.31. The van der Waals surface area contributed by atoms with E-state index in [1.54, 1.807) is 13.8 Å². The molecule has 2 heteroatoms. The largest absolute Gasteiger partial charge is 0.481 e. The van der Waals surface area contributed by atoms with Crippen LogP contribution in [0, 0.1) is 5.92 Å². The number of benzene rings is 1. The molecule has 0 aliphatic carbocycles. The van der Waals surface area contributed by atoms with Crippen molar-refractivity contribution in [2.75, 3.05) is 0 Å². The van der Waals surface area contributed by atoms with Crippen molar-refractivity contribution in [2.45, 2.75) is 39.5 Å². The van der Waals surface area contributed by atoms with E-state index in [-0.39, 0.29) is 0 Å². The molecule has 1 aromatic carbocycles. The van der Waals surface area contributed by atoms with Crippen LogP contribution in [0.15, 0.2) is 24.3 Å². The Morgan fingerprint density at radius 3 is 2.38 bits per heavy atom. The Bertz CT molecular complexity index is 378. The predicted molar refractivity (Wildman–Crippen MR) is 65.6 cm³/mol. The second kappa shape index (κ2) is 4.69. The van der Waals surface area contributed by atoms with Gasteiger partial charge in [-0.05, 0) is 37.3 Å². The van der Waals surface area contributed by atoms with Gasteiger partial charge in [0.1, 0.15) is 0 Å². The van der Waals surface area contributed by atoms with E-state index in [0.717, 1.165) is 17.5 Å². The van der Waals surface area contributed by atoms with Gasteiger partial charge >= 0.3 is 5.97 Å². The van der Waals surface area contributed by atoms with Crippen molar-refractivity contribution >= 4 is 5.97 Å². The molecular weight excluding hydrogens is 200 g/mol. The second-order valence-electron chi connectivity index (χ2n) is 5.19. The fourth-order valence-electron chi connectivity index (χ4n) is 1.86. The number of hydrogen-bond acceptors (Lipinski definition) is 1. The van der Waals surface area contributed by atoms with Gasteiger partial charge in [0.15, 0.2) is 0 Å². The molecule has 1 N–H and O–H groups in total. The van der Waals surface area contributed by atoms with Crippen LogP contribution in [0.1, 0.15) is 38.8 Å². The molecule has 0 aliphatic rings. The van der Waals surface area contributed by atoms with Gasteiger partial charge in [-0.3, -0.25) is 4.79 Å². The van der Waals surface area contributed by atoms with Crippen LogP contribution in [-0.4, -0.2) is 11.1 Å². The minimum atomic E-state index is -0.814. The zero-order valence-corrected chi connectivity index (χ0v) is 10.4. The van der Waals surface area contributed by atoms with Gasteiger partial charge in [-0.25, -0.2) is 0 Å². The lowest BCUT2D eigenvalue weighted by Crippen LogP contribution is -2.30. The summed E-state index contributed by atoms with van der Waals surface area (Å²) in [5.41, 5.74) is 1.26. The van der Waals surface area contributed by atoms with Crippen molar-refractivity contribution in [3.05, 3.63) is 35.4 Å². The van der Waals surface area contributed by atoms with Gasteiger partial charge in [-0.2, -0.15) is 0 Å². The van der Waals surface area contributed by atoms with Gasteiger partial charge in [0.2, 0.25) is 0 Å². The maximum absolute atomic E-state index is 11.3. The average molecular weight is 220 g/mol. The summed E-state index contributed by atoms with van der Waals surface area (Å²) >= 11 is 0. The smallest absolute Gasteiger partial charge is 0.313 e. The van der Waals surface area contributed by atoms with Gasteiger partial charge in [0, 0.05) is 0 Å². The van der Waals surface area contributed by atoms with Gasteiger partial charge in [-0.15, -0.1) is 0 Å². The van der Waals surface area contributed by atoms with Crippen LogP contribution in [0.3, 0.4) is 0 Å². The first-order chi connectivity index (χ1) is 7.35. The van der Waals surface area contributed by atoms with Crippen LogP contribution >= 0.6 is 0 Å². The van der Waals surface area contributed by atoms with Gasteiger partial charge in [0.25, 0.3) is 0 Å². The lowest BCUT2D eigenvalue weighted by molar-refractivity contribution is -0.142. The Balaban J connectivity index is 3.17. The molecule has 0 radical (unpaired) electrons. The van der Waals surface area contributed by atoms with E-state index < -0.39 is 11.4 Å². The number of aliphatic carboxylic acids is 1. The summed E-state index contributed by atoms with van der Waals surface area (Å²) in [5.74, 6) is -0.241. The molecule has 0 aromatic heterocycles. The molecule has 1 rings (SSSR count). The summed E-state index contributed by atoms with van der Waals surface area (Å²) in [4.78, 5) is 11.3. The fraction of sp³-hybridized carbons (Fsp3) is 0.500. The first-order valence-corrected chi connectivity index (χ1v) is 5.67. The summed E-state index contributed by atoms with van der Waals surface area (Å²) in [6, 6.07) is 7.83. The number of carbonyl (C=O) groups is 1. The Morgan fingerprint density at radius 1 is 1.31 bits per heavy atom. The number of carboxylic acid groups (broad SMARTS) is 1. The molecule has 0 aliphatic heterocycles. The lowest BCUT2D eigenvalue weighted by atomic mass is 9.80. The first-order valence-electron chi connectivity index (χ1n) is 5.67. The van der Waals surface area contributed by atoms with Crippen molar-refractivity contribution < 1.29 is 9.90 Å². The summed E-state index contributed by atoms with van der Waals surface area (Å²) in [7, 11) is 0. The predicted octanol–water partition coefficient (Wildman–Crippen LogP) is 3.25. The highest BCUT2D eigenvalue weighted by atomic mass is 16.4. The third kappa shape index (κ3) is 2.63. The summed E-state index contributed by atoms with van der Waals surface area (Å²) in [6.07, 6.45) is 0.923. The molecule has 0 fully saturated rings. The quantitative estimate of drug-likeness (QED) is 0.845. The normalized spacial score (nSPS) is 11.8. The van der Waals surface area contributed by atoms with Crippen LogP contribution in [0.25, 0.3) is 0 Å². The minimum Gasteiger partial charge on any atom is -0.481 e. The Kier molecular flexibility index (Phi) is 3.74. The second-order valence-corrected chi connectivity index (χ2v) is 5.19. The topological polar surface area (TPSA) is 37.3 Å². The molecule has 16 heavy (non-hydrogen) atoms. The standard InChI is InChI=1S/C14H20O2/c1-10(2)9-11-7-5-6-8-12(11)14(3,4)13(15)16/h5-8,10H,9H2,1-4H3,(H,15,16). The van der Waals surface area contributed by atoms with Crippen molar-refractivity contribution in [3.8, 4) is 0 Å². The van der Waals surface area contributed by atoms with E-state index in [1.807, 2.05) is 24.3 Å². The molecule has 0 saturated heterocycles. The van der Waals surface area contributed by atoms with E-state index in [2.05, 4.69) is 13.8 Å². The SMILES string of the molecule is CC(C)Cc1ccccc1C(C)(C)C(=O)O. The highest BCUT2D eigenvalue weighted by molar-refractivity contribution is 5.80. The van der Waals surface area contributed by atoms with Crippen LogP contribution in [-0.2, 0) is 16.6 Å². The van der Waals surface area contributed by atoms with E-state index in [4.69, 9.17) is 0 Å². The van der Waals surface area contributed by atoms with Gasteiger partial charge in [-0.1, -0.05) is 38.1 Å². The molecule has 0 spiro atoms. The highest BCUT2D eigenvalue weighted by Crippen LogP contribution is 2.28. The van der Waals surface area contributed by atoms with Gasteiger partial charge in [0.05, 0.1) is 5.41 Å². The average Bonchev–Trinajstić information content (AvgIpc) is 2.17. The maximum Gasteiger partial charge on any atom is 0.313 e. The number of rotatable bonds is 4. The maximum atomic E-state index is 11.3. The molecule has 0 atom stereocenters. The molecule has 88 valence electrons. The van der Waals surface area contributed by atoms with Crippen LogP contribution < -0.4 is 0 Å². The minimum absolute atomic E-state index is 0.533. The molecule has 0 bridgehead atoms. The van der Waals surface area contributed by atoms with Crippen molar-refractivity contribution in [1.29, 1.82) is 0 Å². The van der Waals surface area contributed by atoms with Crippen LogP contribution in [0.5, 0.6) is 0 Å². The zero-order valence-electron chi connectivity index (χ0n) is 10.4. The molecule has 1 aromatic rings. The van der Waals surface area contributed by atoms with Crippen molar-refractivity contribution in [3.63, 3.8) is 0 Å².